The fraction of sp³-hybridized carbons (Fsp3) is 0.167. The molecule has 1 amide bonds. The maximum atomic E-state index is 11.2. The van der Waals surface area contributed by atoms with E-state index in [-0.39, 0.29) is 0 Å². The molecule has 0 unspecified atom stereocenters. The minimum Gasteiger partial charge on any atom is -0.497 e. The zero-order valence-corrected chi connectivity index (χ0v) is 9.56. The van der Waals surface area contributed by atoms with E-state index >= 15 is 0 Å². The van der Waals surface area contributed by atoms with Crippen molar-refractivity contribution in [2.24, 2.45) is 0 Å². The number of rotatable bonds is 2. The zero-order chi connectivity index (χ0) is 12.3. The summed E-state index contributed by atoms with van der Waals surface area (Å²) < 4.78 is 9.72. The molecule has 2 aromatic rings. The molecule has 0 radical (unpaired) electrons. The lowest BCUT2D eigenvalue weighted by molar-refractivity contribution is 0.187. The lowest BCUT2D eigenvalue weighted by Crippen LogP contribution is -2.11. The molecular formula is C12H12N2O3. The quantitative estimate of drug-likeness (QED) is 0.863. The second kappa shape index (κ2) is 4.69. The molecule has 88 valence electrons. The van der Waals surface area contributed by atoms with Crippen LogP contribution in [0.15, 0.2) is 30.5 Å². The number of benzene rings is 1. The average Bonchev–Trinajstić information content (AvgIpc) is 2.38. The van der Waals surface area contributed by atoms with Crippen LogP contribution in [0.1, 0.15) is 0 Å². The SMILES string of the molecule is COC(=O)Nc1cc(OC)cc2cccnc12. The first-order chi connectivity index (χ1) is 8.24. The van der Waals surface area contributed by atoms with Crippen LogP contribution < -0.4 is 10.1 Å². The molecule has 0 saturated carbocycles. The van der Waals surface area contributed by atoms with Crippen LogP contribution in [0.3, 0.4) is 0 Å². The van der Waals surface area contributed by atoms with Gasteiger partial charge in [0.05, 0.1) is 25.4 Å². The van der Waals surface area contributed by atoms with Gasteiger partial charge in [0, 0.05) is 17.6 Å². The summed E-state index contributed by atoms with van der Waals surface area (Å²) in [5.74, 6) is 0.650. The van der Waals surface area contributed by atoms with Crippen molar-refractivity contribution in [3.05, 3.63) is 30.5 Å². The molecule has 1 heterocycles. The Hall–Kier alpha value is -2.30. The Morgan fingerprint density at radius 2 is 2.18 bits per heavy atom. The highest BCUT2D eigenvalue weighted by molar-refractivity contribution is 5.98. The molecule has 1 N–H and O–H groups in total. The number of methoxy groups -OCH3 is 2. The third-order valence-corrected chi connectivity index (χ3v) is 2.34. The van der Waals surface area contributed by atoms with E-state index in [2.05, 4.69) is 15.0 Å². The van der Waals surface area contributed by atoms with Gasteiger partial charge in [-0.25, -0.2) is 4.79 Å². The van der Waals surface area contributed by atoms with Gasteiger partial charge >= 0.3 is 6.09 Å². The summed E-state index contributed by atoms with van der Waals surface area (Å²) >= 11 is 0. The molecule has 0 bridgehead atoms. The molecule has 0 aliphatic heterocycles. The van der Waals surface area contributed by atoms with Crippen LogP contribution in [-0.2, 0) is 4.74 Å². The van der Waals surface area contributed by atoms with Crippen LogP contribution in [0.5, 0.6) is 5.75 Å². The lowest BCUT2D eigenvalue weighted by Gasteiger charge is -2.09. The monoisotopic (exact) mass is 232 g/mol. The first kappa shape index (κ1) is 11.2. The van der Waals surface area contributed by atoms with E-state index in [1.165, 1.54) is 7.11 Å². The van der Waals surface area contributed by atoms with Gasteiger partial charge in [0.15, 0.2) is 0 Å². The normalized spacial score (nSPS) is 10.0. The fourth-order valence-electron chi connectivity index (χ4n) is 1.54. The second-order valence-corrected chi connectivity index (χ2v) is 3.37. The van der Waals surface area contributed by atoms with Gasteiger partial charge in [-0.15, -0.1) is 0 Å². The fourth-order valence-corrected chi connectivity index (χ4v) is 1.54. The van der Waals surface area contributed by atoms with Gasteiger partial charge in [0.25, 0.3) is 0 Å². The summed E-state index contributed by atoms with van der Waals surface area (Å²) in [4.78, 5) is 15.4. The Kier molecular flexibility index (Phi) is 3.09. The number of nitrogens with one attached hydrogen (secondary N) is 1. The zero-order valence-electron chi connectivity index (χ0n) is 9.56. The van der Waals surface area contributed by atoms with Gasteiger partial charge in [-0.3, -0.25) is 10.3 Å². The van der Waals surface area contributed by atoms with Gasteiger partial charge in [0.2, 0.25) is 0 Å². The highest BCUT2D eigenvalue weighted by atomic mass is 16.5. The largest absolute Gasteiger partial charge is 0.497 e. The first-order valence-corrected chi connectivity index (χ1v) is 5.02. The van der Waals surface area contributed by atoms with Crippen molar-refractivity contribution >= 4 is 22.7 Å². The summed E-state index contributed by atoms with van der Waals surface area (Å²) in [5, 5.41) is 3.49. The molecule has 0 saturated heterocycles. The Balaban J connectivity index is 2.54. The summed E-state index contributed by atoms with van der Waals surface area (Å²) in [5.41, 5.74) is 1.26. The van der Waals surface area contributed by atoms with Gasteiger partial charge in [-0.05, 0) is 12.1 Å². The van der Waals surface area contributed by atoms with E-state index in [0.29, 0.717) is 17.0 Å². The molecule has 1 aromatic heterocycles. The molecule has 0 aliphatic carbocycles. The molecule has 17 heavy (non-hydrogen) atoms. The van der Waals surface area contributed by atoms with Crippen LogP contribution in [0, 0.1) is 0 Å². The second-order valence-electron chi connectivity index (χ2n) is 3.37. The van der Waals surface area contributed by atoms with E-state index in [9.17, 15) is 4.79 Å². The number of pyridine rings is 1. The van der Waals surface area contributed by atoms with E-state index in [0.717, 1.165) is 5.39 Å². The van der Waals surface area contributed by atoms with E-state index < -0.39 is 6.09 Å². The number of ether oxygens (including phenoxy) is 2. The van der Waals surface area contributed by atoms with Gasteiger partial charge in [0.1, 0.15) is 5.75 Å². The number of nitrogens with zero attached hydrogens (tertiary/aromatic N) is 1. The van der Waals surface area contributed by atoms with Crippen LogP contribution >= 0.6 is 0 Å². The average molecular weight is 232 g/mol. The number of amides is 1. The Bertz CT molecular complexity index is 554. The van der Waals surface area contributed by atoms with Crippen molar-refractivity contribution in [1.29, 1.82) is 0 Å². The predicted octanol–water partition coefficient (Wildman–Crippen LogP) is 2.42. The summed E-state index contributed by atoms with van der Waals surface area (Å²) in [7, 11) is 2.88. The number of aromatic nitrogens is 1. The molecular weight excluding hydrogens is 220 g/mol. The molecule has 1 aromatic carbocycles. The maximum Gasteiger partial charge on any atom is 0.411 e. The Labute approximate surface area is 98.4 Å². The van der Waals surface area contributed by atoms with Gasteiger partial charge in [-0.2, -0.15) is 0 Å². The Morgan fingerprint density at radius 1 is 1.35 bits per heavy atom. The van der Waals surface area contributed by atoms with Gasteiger partial charge < -0.3 is 9.47 Å². The number of fused-ring (bicyclic) bond motifs is 1. The number of hydrogen-bond acceptors (Lipinski definition) is 4. The van der Waals surface area contributed by atoms with Crippen molar-refractivity contribution in [3.63, 3.8) is 0 Å². The van der Waals surface area contributed by atoms with Crippen LogP contribution in [0.4, 0.5) is 10.5 Å². The van der Waals surface area contributed by atoms with Crippen molar-refractivity contribution in [1.82, 2.24) is 4.98 Å². The predicted molar refractivity (Wildman–Crippen MR) is 64.3 cm³/mol. The summed E-state index contributed by atoms with van der Waals surface area (Å²) in [6.45, 7) is 0. The van der Waals surface area contributed by atoms with Crippen LogP contribution in [0.25, 0.3) is 10.9 Å². The number of carbonyl (C=O) groups excluding carboxylic acids is 1. The number of anilines is 1. The third-order valence-electron chi connectivity index (χ3n) is 2.34. The lowest BCUT2D eigenvalue weighted by atomic mass is 10.2. The Morgan fingerprint density at radius 3 is 2.88 bits per heavy atom. The summed E-state index contributed by atoms with van der Waals surface area (Å²) in [6, 6.07) is 7.27. The minimum absolute atomic E-state index is 0.537. The molecule has 0 fully saturated rings. The van der Waals surface area contributed by atoms with Gasteiger partial charge in [-0.1, -0.05) is 6.07 Å². The van der Waals surface area contributed by atoms with Crippen molar-refractivity contribution < 1.29 is 14.3 Å². The number of hydrogen-bond donors (Lipinski definition) is 1. The number of carbonyl (C=O) groups is 1. The van der Waals surface area contributed by atoms with Crippen molar-refractivity contribution in [2.45, 2.75) is 0 Å². The molecule has 5 heteroatoms. The molecule has 5 nitrogen and oxygen atoms in total. The molecule has 0 atom stereocenters. The minimum atomic E-state index is -0.537. The van der Waals surface area contributed by atoms with Crippen LogP contribution in [-0.4, -0.2) is 25.3 Å². The highest BCUT2D eigenvalue weighted by Gasteiger charge is 2.08. The van der Waals surface area contributed by atoms with E-state index in [1.54, 1.807) is 19.4 Å². The molecule has 0 spiro atoms. The summed E-state index contributed by atoms with van der Waals surface area (Å²) in [6.07, 6.45) is 1.13. The first-order valence-electron chi connectivity index (χ1n) is 5.02. The van der Waals surface area contributed by atoms with Crippen LogP contribution in [0.2, 0.25) is 0 Å². The van der Waals surface area contributed by atoms with Crippen molar-refractivity contribution in [2.75, 3.05) is 19.5 Å². The standard InChI is InChI=1S/C12H12N2O3/c1-16-9-6-8-4-3-5-13-11(8)10(7-9)14-12(15)17-2/h3-7H,1-2H3,(H,14,15). The molecule has 2 rings (SSSR count). The van der Waals surface area contributed by atoms with Crippen molar-refractivity contribution in [3.8, 4) is 5.75 Å². The third kappa shape index (κ3) is 2.28. The molecule has 0 aliphatic rings. The van der Waals surface area contributed by atoms with E-state index in [4.69, 9.17) is 4.74 Å². The smallest absolute Gasteiger partial charge is 0.411 e. The topological polar surface area (TPSA) is 60.5 Å². The van der Waals surface area contributed by atoms with E-state index in [1.807, 2.05) is 18.2 Å². The highest BCUT2D eigenvalue weighted by Crippen LogP contribution is 2.27. The maximum absolute atomic E-state index is 11.2.